The van der Waals surface area contributed by atoms with Gasteiger partial charge >= 0.3 is 0 Å². The third kappa shape index (κ3) is 6.45. The van der Waals surface area contributed by atoms with Gasteiger partial charge in [-0.2, -0.15) is 0 Å². The van der Waals surface area contributed by atoms with Crippen LogP contribution in [0, 0.1) is 10.1 Å². The van der Waals surface area contributed by atoms with Crippen LogP contribution in [0.3, 0.4) is 0 Å². The lowest BCUT2D eigenvalue weighted by Gasteiger charge is -2.20. The number of nitrogens with zero attached hydrogens (tertiary/aromatic N) is 3. The number of nitro groups is 1. The van der Waals surface area contributed by atoms with Crippen molar-refractivity contribution < 1.29 is 9.34 Å². The van der Waals surface area contributed by atoms with Crippen LogP contribution in [0.25, 0.3) is 0 Å². The van der Waals surface area contributed by atoms with E-state index in [4.69, 9.17) is 4.42 Å². The van der Waals surface area contributed by atoms with Gasteiger partial charge in [-0.25, -0.2) is 0 Å². The van der Waals surface area contributed by atoms with E-state index in [1.807, 2.05) is 48.6 Å². The molecule has 0 atom stereocenters. The first-order valence-electron chi connectivity index (χ1n) is 6.48. The summed E-state index contributed by atoms with van der Waals surface area (Å²) in [6, 6.07) is 3.92. The standard InChI is InChI=1S/C13H21N3O3S2/c1-5-15(13(20-4)9-16(17)18)21-10-12-7-6-11(19-12)8-14(2)3/h6-7,9H,5,8,10H2,1-4H3. The highest BCUT2D eigenvalue weighted by Crippen LogP contribution is 2.28. The van der Waals surface area contributed by atoms with Crippen molar-refractivity contribution in [3.8, 4) is 0 Å². The average molecular weight is 331 g/mol. The maximum atomic E-state index is 10.6. The Morgan fingerprint density at radius 1 is 1.43 bits per heavy atom. The molecule has 0 spiro atoms. The first kappa shape index (κ1) is 17.9. The summed E-state index contributed by atoms with van der Waals surface area (Å²) < 4.78 is 7.64. The lowest BCUT2D eigenvalue weighted by molar-refractivity contribution is -0.403. The molecule has 6 nitrogen and oxygen atoms in total. The van der Waals surface area contributed by atoms with E-state index in [2.05, 4.69) is 0 Å². The molecule has 118 valence electrons. The fourth-order valence-corrected chi connectivity index (χ4v) is 3.36. The van der Waals surface area contributed by atoms with Gasteiger partial charge in [-0.1, -0.05) is 0 Å². The maximum absolute atomic E-state index is 10.6. The zero-order valence-corrected chi connectivity index (χ0v) is 14.4. The van der Waals surface area contributed by atoms with Crippen LogP contribution in [0.1, 0.15) is 18.4 Å². The molecule has 21 heavy (non-hydrogen) atoms. The summed E-state index contributed by atoms with van der Waals surface area (Å²) >= 11 is 2.88. The van der Waals surface area contributed by atoms with Gasteiger partial charge in [0.1, 0.15) is 11.5 Å². The fraction of sp³-hybridized carbons (Fsp3) is 0.538. The van der Waals surface area contributed by atoms with Gasteiger partial charge in [0.2, 0.25) is 0 Å². The Morgan fingerprint density at radius 3 is 2.62 bits per heavy atom. The number of hydrogen-bond acceptors (Lipinski definition) is 7. The molecule has 1 aromatic heterocycles. The molecule has 0 aliphatic heterocycles. The monoisotopic (exact) mass is 331 g/mol. The van der Waals surface area contributed by atoms with Crippen LogP contribution in [0.5, 0.6) is 0 Å². The third-order valence-corrected chi connectivity index (χ3v) is 4.55. The van der Waals surface area contributed by atoms with E-state index in [-0.39, 0.29) is 0 Å². The van der Waals surface area contributed by atoms with E-state index >= 15 is 0 Å². The fourth-order valence-electron chi connectivity index (χ4n) is 1.66. The first-order valence-corrected chi connectivity index (χ1v) is 8.65. The van der Waals surface area contributed by atoms with Crippen LogP contribution in [-0.4, -0.2) is 41.0 Å². The molecule has 0 aromatic carbocycles. The molecule has 0 bridgehead atoms. The van der Waals surface area contributed by atoms with Crippen LogP contribution in [0.4, 0.5) is 0 Å². The topological polar surface area (TPSA) is 62.8 Å². The van der Waals surface area contributed by atoms with Gasteiger partial charge in [-0.05, 0) is 51.4 Å². The van der Waals surface area contributed by atoms with Gasteiger partial charge in [0.05, 0.1) is 17.2 Å². The molecular formula is C13H21N3O3S2. The minimum absolute atomic E-state index is 0.420. The van der Waals surface area contributed by atoms with Gasteiger partial charge in [-0.15, -0.1) is 11.8 Å². The van der Waals surface area contributed by atoms with E-state index in [0.29, 0.717) is 17.3 Å². The molecule has 0 fully saturated rings. The molecule has 1 aromatic rings. The Hall–Kier alpha value is -1.12. The minimum Gasteiger partial charge on any atom is -0.464 e. The molecule has 0 radical (unpaired) electrons. The third-order valence-electron chi connectivity index (χ3n) is 2.51. The Labute approximate surface area is 133 Å². The molecular weight excluding hydrogens is 310 g/mol. The molecule has 0 saturated heterocycles. The van der Waals surface area contributed by atoms with Crippen LogP contribution in [0.2, 0.25) is 0 Å². The van der Waals surface area contributed by atoms with E-state index in [1.165, 1.54) is 23.7 Å². The Balaban J connectivity index is 2.62. The average Bonchev–Trinajstić information content (AvgIpc) is 2.84. The predicted molar refractivity (Wildman–Crippen MR) is 88.4 cm³/mol. The van der Waals surface area contributed by atoms with Gasteiger partial charge in [0.15, 0.2) is 5.03 Å². The van der Waals surface area contributed by atoms with E-state index in [0.717, 1.165) is 24.3 Å². The van der Waals surface area contributed by atoms with Gasteiger partial charge < -0.3 is 13.6 Å². The molecule has 0 N–H and O–H groups in total. The van der Waals surface area contributed by atoms with Crippen molar-refractivity contribution in [2.45, 2.75) is 19.2 Å². The molecule has 1 rings (SSSR count). The van der Waals surface area contributed by atoms with Crippen molar-refractivity contribution in [2.24, 2.45) is 0 Å². The van der Waals surface area contributed by atoms with E-state index < -0.39 is 4.92 Å². The molecule has 0 aliphatic rings. The van der Waals surface area contributed by atoms with Crippen molar-refractivity contribution >= 4 is 23.7 Å². The van der Waals surface area contributed by atoms with E-state index in [1.54, 1.807) is 0 Å². The SMILES string of the molecule is CCN(SCc1ccc(CN(C)C)o1)C(=C[N+](=O)[O-])SC. The van der Waals surface area contributed by atoms with Crippen LogP contribution in [0.15, 0.2) is 27.8 Å². The highest BCUT2D eigenvalue weighted by Gasteiger charge is 2.13. The van der Waals surface area contributed by atoms with Gasteiger partial charge in [0, 0.05) is 6.54 Å². The second kappa shape index (κ2) is 9.01. The largest absolute Gasteiger partial charge is 0.464 e. The Morgan fingerprint density at radius 2 is 2.10 bits per heavy atom. The minimum atomic E-state index is -0.420. The zero-order valence-electron chi connectivity index (χ0n) is 12.7. The highest BCUT2D eigenvalue weighted by atomic mass is 32.2. The van der Waals surface area contributed by atoms with Crippen molar-refractivity contribution in [2.75, 3.05) is 26.9 Å². The number of rotatable bonds is 9. The summed E-state index contributed by atoms with van der Waals surface area (Å²) in [6.45, 7) is 3.42. The van der Waals surface area contributed by atoms with Gasteiger partial charge in [-0.3, -0.25) is 10.1 Å². The van der Waals surface area contributed by atoms with Crippen molar-refractivity contribution in [1.29, 1.82) is 0 Å². The van der Waals surface area contributed by atoms with Crippen molar-refractivity contribution in [3.05, 3.63) is 45.0 Å². The summed E-state index contributed by atoms with van der Waals surface area (Å²) in [6.07, 6.45) is 2.88. The van der Waals surface area contributed by atoms with Crippen molar-refractivity contribution in [1.82, 2.24) is 9.21 Å². The lowest BCUT2D eigenvalue weighted by atomic mass is 10.4. The molecule has 1 heterocycles. The first-order chi connectivity index (χ1) is 9.96. The summed E-state index contributed by atoms with van der Waals surface area (Å²) in [7, 11) is 3.98. The second-order valence-electron chi connectivity index (χ2n) is 4.53. The molecule has 8 heteroatoms. The normalized spacial score (nSPS) is 12.0. The molecule has 0 amide bonds. The lowest BCUT2D eigenvalue weighted by Crippen LogP contribution is -2.14. The summed E-state index contributed by atoms with van der Waals surface area (Å²) in [5.41, 5.74) is 0. The van der Waals surface area contributed by atoms with Crippen molar-refractivity contribution in [3.63, 3.8) is 0 Å². The molecule has 0 saturated carbocycles. The summed E-state index contributed by atoms with van der Waals surface area (Å²) in [5.74, 6) is 2.44. The Kier molecular flexibility index (Phi) is 7.69. The number of thioether (sulfide) groups is 1. The quantitative estimate of drug-likeness (QED) is 0.391. The maximum Gasteiger partial charge on any atom is 0.265 e. The zero-order chi connectivity index (χ0) is 15.8. The van der Waals surface area contributed by atoms with E-state index in [9.17, 15) is 10.1 Å². The van der Waals surface area contributed by atoms with Crippen LogP contribution in [-0.2, 0) is 12.3 Å². The smallest absolute Gasteiger partial charge is 0.265 e. The molecule has 0 unspecified atom stereocenters. The summed E-state index contributed by atoms with van der Waals surface area (Å²) in [4.78, 5) is 12.2. The number of furan rings is 1. The highest BCUT2D eigenvalue weighted by molar-refractivity contribution is 8.04. The van der Waals surface area contributed by atoms with Crippen LogP contribution >= 0.6 is 23.7 Å². The predicted octanol–water partition coefficient (Wildman–Crippen LogP) is 3.25. The summed E-state index contributed by atoms with van der Waals surface area (Å²) in [5, 5.41) is 11.3. The van der Waals surface area contributed by atoms with Gasteiger partial charge in [0.25, 0.3) is 6.20 Å². The Bertz CT molecular complexity index is 489. The number of hydrogen-bond donors (Lipinski definition) is 0. The molecule has 0 aliphatic carbocycles. The second-order valence-corrected chi connectivity index (χ2v) is 6.34. The van der Waals surface area contributed by atoms with Crippen LogP contribution < -0.4 is 0 Å².